The normalized spacial score (nSPS) is 21.5. The average Bonchev–Trinajstić information content (AvgIpc) is 3.47. The Morgan fingerprint density at radius 1 is 1.14 bits per heavy atom. The summed E-state index contributed by atoms with van der Waals surface area (Å²) in [4.78, 5) is 19.9. The minimum absolute atomic E-state index is 0.212. The van der Waals surface area contributed by atoms with Crippen LogP contribution in [0.4, 0.5) is 11.4 Å². The van der Waals surface area contributed by atoms with E-state index in [0.717, 1.165) is 74.4 Å². The molecule has 3 atom stereocenters. The van der Waals surface area contributed by atoms with Gasteiger partial charge >= 0.3 is 0 Å². The molecule has 3 fully saturated rings. The van der Waals surface area contributed by atoms with Gasteiger partial charge in [0, 0.05) is 57.0 Å². The number of hydrogen-bond acceptors (Lipinski definition) is 8. The summed E-state index contributed by atoms with van der Waals surface area (Å²) in [6, 6.07) is 11.0. The van der Waals surface area contributed by atoms with Crippen molar-refractivity contribution in [3.8, 4) is 11.3 Å². The van der Waals surface area contributed by atoms with Gasteiger partial charge in [0.15, 0.2) is 0 Å². The first-order valence-corrected chi connectivity index (χ1v) is 15.1. The fraction of sp³-hybridized carbons (Fsp3) is 0.469. The molecule has 0 bridgehead atoms. The third-order valence-electron chi connectivity index (χ3n) is 8.34. The van der Waals surface area contributed by atoms with Crippen LogP contribution in [0.3, 0.4) is 0 Å². The molecule has 10 heteroatoms. The second kappa shape index (κ2) is 13.7. The van der Waals surface area contributed by atoms with Crippen molar-refractivity contribution < 1.29 is 18.8 Å². The van der Waals surface area contributed by atoms with Crippen molar-refractivity contribution in [2.75, 3.05) is 45.9 Å². The number of likely N-dealkylation sites (tertiary alicyclic amines) is 1. The molecule has 8 nitrogen and oxygen atoms in total. The Balaban J connectivity index is 0.00000113. The molecule has 0 radical (unpaired) electrons. The Morgan fingerprint density at radius 3 is 2.40 bits per heavy atom. The van der Waals surface area contributed by atoms with Crippen LogP contribution in [0.15, 0.2) is 45.9 Å². The second-order valence-corrected chi connectivity index (χ2v) is 12.3. The molecule has 224 valence electrons. The number of hydrogen-bond donors (Lipinski definition) is 0. The number of methoxy groups -OCH3 is 1. The van der Waals surface area contributed by atoms with E-state index in [-0.39, 0.29) is 6.10 Å². The van der Waals surface area contributed by atoms with Crippen LogP contribution in [0.2, 0.25) is 10.0 Å². The van der Waals surface area contributed by atoms with E-state index in [1.54, 1.807) is 20.3 Å². The van der Waals surface area contributed by atoms with Crippen molar-refractivity contribution in [2.45, 2.75) is 44.3 Å². The van der Waals surface area contributed by atoms with Gasteiger partial charge in [-0.25, -0.2) is 0 Å². The Bertz CT molecular complexity index is 1370. The first-order valence-electron chi connectivity index (χ1n) is 14.3. The fourth-order valence-corrected chi connectivity index (χ4v) is 6.86. The van der Waals surface area contributed by atoms with Gasteiger partial charge in [-0.1, -0.05) is 34.4 Å². The third kappa shape index (κ3) is 6.74. The number of nitrogens with zero attached hydrogens (tertiary/aromatic N) is 4. The maximum absolute atomic E-state index is 11.1. The molecule has 3 aliphatic rings. The number of fused-ring (bicyclic) bond motifs is 1. The lowest BCUT2D eigenvalue weighted by Gasteiger charge is -2.28. The summed E-state index contributed by atoms with van der Waals surface area (Å²) in [7, 11) is 5.31. The second-order valence-electron chi connectivity index (χ2n) is 11.5. The van der Waals surface area contributed by atoms with Crippen LogP contribution in [0.25, 0.3) is 11.3 Å². The van der Waals surface area contributed by atoms with Crippen molar-refractivity contribution in [3.05, 3.63) is 63.3 Å². The molecule has 2 aliphatic carbocycles. The highest BCUT2D eigenvalue weighted by molar-refractivity contribution is 6.39. The Labute approximate surface area is 257 Å². The molecule has 1 saturated heterocycles. The lowest BCUT2D eigenvalue weighted by molar-refractivity contribution is 0.0371. The van der Waals surface area contributed by atoms with Crippen LogP contribution < -0.4 is 4.90 Å². The van der Waals surface area contributed by atoms with Gasteiger partial charge in [0.05, 0.1) is 40.8 Å². The number of carbonyl (C=O) groups is 1. The largest absolute Gasteiger partial charge is 0.388 e. The topological polar surface area (TPSA) is 80.4 Å². The lowest BCUT2D eigenvalue weighted by atomic mass is 10.0. The van der Waals surface area contributed by atoms with Crippen molar-refractivity contribution in [1.29, 1.82) is 0 Å². The number of aromatic nitrogens is 1. The highest BCUT2D eigenvalue weighted by Crippen LogP contribution is 2.47. The summed E-state index contributed by atoms with van der Waals surface area (Å²) in [5.41, 5.74) is 4.72. The summed E-state index contributed by atoms with van der Waals surface area (Å²) >= 11 is 13.0. The maximum Gasteiger partial charge on any atom is 0.150 e. The standard InChI is InChI=1S/C30H32Cl2N4O3.C2H6O/c1-33-26-10-18(15-37)6-9-27(26)35(2)17-36-13-20-11-22(12-21(20)14-36)38-16-23-29(34-39-30(23)19-7-8-19)28-24(31)4-3-5-25(28)32;1-3-2/h3-6,9-10,15,19-22H,1,7-8,11-14,16-17H2,2H3;1-2H3/t20-,21?,22?;/m0./s1. The molecule has 6 rings (SSSR count). The highest BCUT2D eigenvalue weighted by atomic mass is 35.5. The molecule has 2 saturated carbocycles. The molecular formula is C32H38Cl2N4O4. The molecule has 1 aromatic heterocycles. The van der Waals surface area contributed by atoms with Crippen molar-refractivity contribution in [3.63, 3.8) is 0 Å². The average molecular weight is 614 g/mol. The van der Waals surface area contributed by atoms with E-state index in [1.807, 2.05) is 30.3 Å². The Kier molecular flexibility index (Phi) is 10.0. The van der Waals surface area contributed by atoms with E-state index in [4.69, 9.17) is 32.5 Å². The lowest BCUT2D eigenvalue weighted by Crippen LogP contribution is -2.35. The molecule has 1 aliphatic heterocycles. The zero-order valence-corrected chi connectivity index (χ0v) is 25.9. The van der Waals surface area contributed by atoms with Gasteiger partial charge in [-0.15, -0.1) is 0 Å². The van der Waals surface area contributed by atoms with Crippen LogP contribution in [-0.2, 0) is 16.1 Å². The number of anilines is 1. The smallest absolute Gasteiger partial charge is 0.150 e. The van der Waals surface area contributed by atoms with E-state index in [9.17, 15) is 4.79 Å². The van der Waals surface area contributed by atoms with E-state index >= 15 is 0 Å². The van der Waals surface area contributed by atoms with Crippen LogP contribution in [0, 0.1) is 11.8 Å². The summed E-state index contributed by atoms with van der Waals surface area (Å²) in [5.74, 6) is 2.55. The molecule has 42 heavy (non-hydrogen) atoms. The summed E-state index contributed by atoms with van der Waals surface area (Å²) in [6.45, 7) is 7.02. The van der Waals surface area contributed by atoms with Gasteiger partial charge in [0.25, 0.3) is 0 Å². The van der Waals surface area contributed by atoms with E-state index < -0.39 is 0 Å². The van der Waals surface area contributed by atoms with Crippen molar-refractivity contribution in [2.24, 2.45) is 16.8 Å². The Hall–Kier alpha value is -2.75. The van der Waals surface area contributed by atoms with Crippen molar-refractivity contribution in [1.82, 2.24) is 10.1 Å². The van der Waals surface area contributed by atoms with Gasteiger partial charge in [-0.3, -0.25) is 14.7 Å². The number of halogens is 2. The molecule has 0 amide bonds. The fourth-order valence-electron chi connectivity index (χ4n) is 6.28. The van der Waals surface area contributed by atoms with E-state index in [1.165, 1.54) is 0 Å². The van der Waals surface area contributed by atoms with Crippen molar-refractivity contribution >= 4 is 47.6 Å². The summed E-state index contributed by atoms with van der Waals surface area (Å²) in [6.07, 6.45) is 5.36. The monoisotopic (exact) mass is 612 g/mol. The van der Waals surface area contributed by atoms with Crippen LogP contribution in [0.1, 0.15) is 53.3 Å². The van der Waals surface area contributed by atoms with Gasteiger partial charge in [-0.2, -0.15) is 0 Å². The number of aldehydes is 1. The molecule has 2 unspecified atom stereocenters. The number of ether oxygens (including phenoxy) is 2. The highest BCUT2D eigenvalue weighted by Gasteiger charge is 2.42. The van der Waals surface area contributed by atoms with Crippen LogP contribution >= 0.6 is 23.2 Å². The first kappa shape index (κ1) is 30.7. The predicted molar refractivity (Wildman–Crippen MR) is 168 cm³/mol. The minimum Gasteiger partial charge on any atom is -0.388 e. The quantitative estimate of drug-likeness (QED) is 0.176. The third-order valence-corrected chi connectivity index (χ3v) is 8.97. The molecule has 2 aromatic carbocycles. The number of benzene rings is 2. The van der Waals surface area contributed by atoms with E-state index in [2.05, 4.69) is 38.5 Å². The number of carbonyl (C=O) groups excluding carboxylic acids is 1. The molecular weight excluding hydrogens is 575 g/mol. The van der Waals surface area contributed by atoms with E-state index in [0.29, 0.717) is 51.2 Å². The zero-order valence-electron chi connectivity index (χ0n) is 24.4. The minimum atomic E-state index is 0.212. The van der Waals surface area contributed by atoms with Crippen LogP contribution in [0.5, 0.6) is 0 Å². The SMILES string of the molecule is C=Nc1cc(C=O)ccc1N(C)CN1CC2CC(OCc3c(-c4c(Cl)cccc4Cl)noc3C3CC3)C[C@H]2C1.COC. The van der Waals surface area contributed by atoms with Crippen LogP contribution in [-0.4, -0.2) is 70.2 Å². The van der Waals surface area contributed by atoms with Gasteiger partial charge < -0.3 is 18.9 Å². The number of rotatable bonds is 10. The zero-order chi connectivity index (χ0) is 29.8. The van der Waals surface area contributed by atoms with Gasteiger partial charge in [0.1, 0.15) is 17.7 Å². The molecule has 2 heterocycles. The predicted octanol–water partition coefficient (Wildman–Crippen LogP) is 7.25. The molecule has 0 N–H and O–H groups in total. The van der Waals surface area contributed by atoms with Gasteiger partial charge in [-0.05, 0) is 74.6 Å². The molecule has 3 aromatic rings. The van der Waals surface area contributed by atoms with Gasteiger partial charge in [0.2, 0.25) is 0 Å². The maximum atomic E-state index is 11.1. The first-order chi connectivity index (χ1) is 20.4. The Morgan fingerprint density at radius 2 is 1.81 bits per heavy atom. The summed E-state index contributed by atoms with van der Waals surface area (Å²) in [5, 5.41) is 5.52. The molecule has 0 spiro atoms. The summed E-state index contributed by atoms with van der Waals surface area (Å²) < 4.78 is 16.6. The number of aliphatic imine (C=N–C) groups is 1.